The lowest BCUT2D eigenvalue weighted by atomic mass is 10.1. The highest BCUT2D eigenvalue weighted by atomic mass is 15.0. The minimum Gasteiger partial charge on any atom is -0.309 e. The van der Waals surface area contributed by atoms with E-state index in [9.17, 15) is 0 Å². The second-order valence-corrected chi connectivity index (χ2v) is 6.13. The van der Waals surface area contributed by atoms with Gasteiger partial charge in [-0.25, -0.2) is 0 Å². The third-order valence-corrected chi connectivity index (χ3v) is 4.67. The van der Waals surface area contributed by atoms with Gasteiger partial charge in [-0.15, -0.1) is 0 Å². The molecule has 118 valence electrons. The van der Waals surface area contributed by atoms with Crippen molar-refractivity contribution in [2.75, 3.05) is 0 Å². The Morgan fingerprint density at radius 3 is 1.76 bits per heavy atom. The summed E-state index contributed by atoms with van der Waals surface area (Å²) in [5, 5.41) is 2.57. The van der Waals surface area contributed by atoms with Crippen LogP contribution in [0.4, 0.5) is 0 Å². The average molecular weight is 320 g/mol. The van der Waals surface area contributed by atoms with Crippen LogP contribution in [0.5, 0.6) is 0 Å². The van der Waals surface area contributed by atoms with Gasteiger partial charge >= 0.3 is 0 Å². The molecule has 0 aliphatic rings. The first-order valence-corrected chi connectivity index (χ1v) is 8.42. The van der Waals surface area contributed by atoms with E-state index in [-0.39, 0.29) is 0 Å². The Morgan fingerprint density at radius 1 is 0.560 bits per heavy atom. The van der Waals surface area contributed by atoms with Crippen molar-refractivity contribution >= 4 is 21.8 Å². The van der Waals surface area contributed by atoms with Crippen LogP contribution >= 0.6 is 0 Å². The van der Waals surface area contributed by atoms with Gasteiger partial charge in [0.25, 0.3) is 0 Å². The van der Waals surface area contributed by atoms with Crippen molar-refractivity contribution in [2.45, 2.75) is 0 Å². The average Bonchev–Trinajstić information content (AvgIpc) is 3.03. The van der Waals surface area contributed by atoms with Crippen molar-refractivity contribution in [1.29, 1.82) is 0 Å². The van der Waals surface area contributed by atoms with Crippen molar-refractivity contribution in [1.82, 2.24) is 9.55 Å². The molecular formula is C23H16N2. The topological polar surface area (TPSA) is 17.8 Å². The van der Waals surface area contributed by atoms with Gasteiger partial charge in [0.15, 0.2) is 0 Å². The number of hydrogen-bond acceptors (Lipinski definition) is 1. The van der Waals surface area contributed by atoms with E-state index < -0.39 is 0 Å². The van der Waals surface area contributed by atoms with Crippen molar-refractivity contribution in [2.24, 2.45) is 0 Å². The number of para-hydroxylation sites is 2. The molecule has 25 heavy (non-hydrogen) atoms. The van der Waals surface area contributed by atoms with Crippen LogP contribution < -0.4 is 0 Å². The second kappa shape index (κ2) is 5.60. The maximum Gasteiger partial charge on any atom is 0.0701 e. The number of rotatable bonds is 2. The van der Waals surface area contributed by atoms with Gasteiger partial charge in [-0.1, -0.05) is 54.6 Å². The molecule has 2 aromatic heterocycles. The van der Waals surface area contributed by atoms with E-state index in [1.54, 1.807) is 0 Å². The summed E-state index contributed by atoms with van der Waals surface area (Å²) < 4.78 is 2.33. The first-order valence-electron chi connectivity index (χ1n) is 8.42. The first-order chi connectivity index (χ1) is 12.4. The Kier molecular flexibility index (Phi) is 3.14. The number of aromatic nitrogens is 2. The molecular weight excluding hydrogens is 304 g/mol. The predicted molar refractivity (Wildman–Crippen MR) is 104 cm³/mol. The summed E-state index contributed by atoms with van der Waals surface area (Å²) in [6, 6.07) is 31.8. The molecule has 0 amide bonds. The van der Waals surface area contributed by atoms with Gasteiger partial charge in [0, 0.05) is 28.2 Å². The third kappa shape index (κ3) is 2.23. The Hall–Kier alpha value is -3.39. The Balaban J connectivity index is 1.73. The van der Waals surface area contributed by atoms with Crippen LogP contribution in [0.25, 0.3) is 38.8 Å². The van der Waals surface area contributed by atoms with Gasteiger partial charge in [-0.2, -0.15) is 0 Å². The molecule has 2 heteroatoms. The van der Waals surface area contributed by atoms with Crippen molar-refractivity contribution < 1.29 is 0 Å². The quantitative estimate of drug-likeness (QED) is 0.399. The molecule has 0 unspecified atom stereocenters. The Labute approximate surface area is 146 Å². The molecule has 0 spiro atoms. The molecule has 0 fully saturated rings. The van der Waals surface area contributed by atoms with Gasteiger partial charge in [0.05, 0.1) is 16.7 Å². The normalized spacial score (nSPS) is 11.2. The van der Waals surface area contributed by atoms with E-state index in [0.29, 0.717) is 0 Å². The van der Waals surface area contributed by atoms with Gasteiger partial charge in [-0.3, -0.25) is 4.98 Å². The van der Waals surface area contributed by atoms with Crippen LogP contribution in [0.2, 0.25) is 0 Å². The summed E-state index contributed by atoms with van der Waals surface area (Å²) in [7, 11) is 0. The highest BCUT2D eigenvalue weighted by Gasteiger charge is 2.11. The van der Waals surface area contributed by atoms with Crippen LogP contribution in [0, 0.1) is 0 Å². The minimum atomic E-state index is 0.997. The SMILES string of the molecule is c1ccc(-c2ccc(-n3c4ccccc4c4ccccc43)cc2)nc1. The maximum absolute atomic E-state index is 4.43. The standard InChI is InChI=1S/C23H16N2/c1-3-10-22-19(7-1)20-8-2-4-11-23(20)25(22)18-14-12-17(13-15-18)21-9-5-6-16-24-21/h1-16H. The summed E-state index contributed by atoms with van der Waals surface area (Å²) in [4.78, 5) is 4.43. The van der Waals surface area contributed by atoms with Crippen molar-refractivity contribution in [3.63, 3.8) is 0 Å². The number of benzene rings is 3. The van der Waals surface area contributed by atoms with Crippen molar-refractivity contribution in [3.8, 4) is 16.9 Å². The van der Waals surface area contributed by atoms with Gasteiger partial charge < -0.3 is 4.57 Å². The molecule has 3 aromatic carbocycles. The summed E-state index contributed by atoms with van der Waals surface area (Å²) in [5.74, 6) is 0. The lowest BCUT2D eigenvalue weighted by molar-refractivity contribution is 1.18. The number of nitrogens with zero attached hydrogens (tertiary/aromatic N) is 2. The first kappa shape index (κ1) is 14.0. The second-order valence-electron chi connectivity index (χ2n) is 6.13. The summed E-state index contributed by atoms with van der Waals surface area (Å²) in [6.07, 6.45) is 1.83. The molecule has 2 nitrogen and oxygen atoms in total. The van der Waals surface area contributed by atoms with E-state index in [1.165, 1.54) is 21.8 Å². The Bertz CT molecular complexity index is 1120. The molecule has 0 aliphatic carbocycles. The van der Waals surface area contributed by atoms with Crippen LogP contribution in [-0.4, -0.2) is 9.55 Å². The largest absolute Gasteiger partial charge is 0.309 e. The molecule has 0 aliphatic heterocycles. The summed E-state index contributed by atoms with van der Waals surface area (Å²) >= 11 is 0. The van der Waals surface area contributed by atoms with E-state index >= 15 is 0 Å². The summed E-state index contributed by atoms with van der Waals surface area (Å²) in [6.45, 7) is 0. The zero-order chi connectivity index (χ0) is 16.6. The van der Waals surface area contributed by atoms with Crippen LogP contribution in [0.1, 0.15) is 0 Å². The Morgan fingerprint density at radius 2 is 1.16 bits per heavy atom. The maximum atomic E-state index is 4.43. The fourth-order valence-electron chi connectivity index (χ4n) is 3.52. The highest BCUT2D eigenvalue weighted by Crippen LogP contribution is 2.32. The zero-order valence-corrected chi connectivity index (χ0v) is 13.6. The minimum absolute atomic E-state index is 0.997. The third-order valence-electron chi connectivity index (χ3n) is 4.67. The molecule has 2 heterocycles. The number of fused-ring (bicyclic) bond motifs is 3. The van der Waals surface area contributed by atoms with Gasteiger partial charge in [-0.05, 0) is 36.4 Å². The lowest BCUT2D eigenvalue weighted by Gasteiger charge is -2.09. The molecule has 0 bridgehead atoms. The fraction of sp³-hybridized carbons (Fsp3) is 0. The predicted octanol–water partition coefficient (Wildman–Crippen LogP) is 5.85. The molecule has 5 aromatic rings. The van der Waals surface area contributed by atoms with Crippen LogP contribution in [0.3, 0.4) is 0 Å². The monoisotopic (exact) mass is 320 g/mol. The number of pyridine rings is 1. The van der Waals surface area contributed by atoms with E-state index in [1.807, 2.05) is 24.4 Å². The van der Waals surface area contributed by atoms with Gasteiger partial charge in [0.1, 0.15) is 0 Å². The molecule has 0 atom stereocenters. The van der Waals surface area contributed by atoms with Gasteiger partial charge in [0.2, 0.25) is 0 Å². The molecule has 0 saturated carbocycles. The smallest absolute Gasteiger partial charge is 0.0701 e. The van der Waals surface area contributed by atoms with Crippen LogP contribution in [-0.2, 0) is 0 Å². The van der Waals surface area contributed by atoms with E-state index in [4.69, 9.17) is 0 Å². The molecule has 0 saturated heterocycles. The molecule has 0 N–H and O–H groups in total. The van der Waals surface area contributed by atoms with E-state index in [2.05, 4.69) is 82.3 Å². The van der Waals surface area contributed by atoms with Crippen molar-refractivity contribution in [3.05, 3.63) is 97.2 Å². The highest BCUT2D eigenvalue weighted by molar-refractivity contribution is 6.09. The summed E-state index contributed by atoms with van der Waals surface area (Å²) in [5.41, 5.74) is 5.75. The zero-order valence-electron chi connectivity index (χ0n) is 13.6. The number of hydrogen-bond donors (Lipinski definition) is 0. The molecule has 5 rings (SSSR count). The lowest BCUT2D eigenvalue weighted by Crippen LogP contribution is -1.93. The molecule has 0 radical (unpaired) electrons. The van der Waals surface area contributed by atoms with Crippen LogP contribution in [0.15, 0.2) is 97.2 Å². The fourth-order valence-corrected chi connectivity index (χ4v) is 3.52. The van der Waals surface area contributed by atoms with E-state index in [0.717, 1.165) is 16.9 Å².